The van der Waals surface area contributed by atoms with Gasteiger partial charge >= 0.3 is 0 Å². The third-order valence-electron chi connectivity index (χ3n) is 2.08. The minimum Gasteiger partial charge on any atom is -0.468 e. The van der Waals surface area contributed by atoms with E-state index in [0.29, 0.717) is 0 Å². The van der Waals surface area contributed by atoms with E-state index >= 15 is 0 Å². The van der Waals surface area contributed by atoms with Crippen molar-refractivity contribution in [1.29, 1.82) is 0 Å². The van der Waals surface area contributed by atoms with E-state index in [9.17, 15) is 0 Å². The standard InChI is InChI=1S/C10H15NOS/c1-2-10(12-6-1)8-13-7-5-11-9-3-4-9/h1-2,6,9,11H,3-5,7-8H2. The van der Waals surface area contributed by atoms with E-state index in [4.69, 9.17) is 4.42 Å². The van der Waals surface area contributed by atoms with Crippen molar-refractivity contribution in [3.8, 4) is 0 Å². The molecule has 0 spiro atoms. The third kappa shape index (κ3) is 3.44. The second kappa shape index (κ2) is 4.72. The Morgan fingerprint density at radius 3 is 3.15 bits per heavy atom. The van der Waals surface area contributed by atoms with E-state index in [1.54, 1.807) is 6.26 Å². The van der Waals surface area contributed by atoms with Crippen LogP contribution in [0.25, 0.3) is 0 Å². The van der Waals surface area contributed by atoms with Crippen LogP contribution in [0.5, 0.6) is 0 Å². The fraction of sp³-hybridized carbons (Fsp3) is 0.600. The number of furan rings is 1. The van der Waals surface area contributed by atoms with Gasteiger partial charge in [-0.3, -0.25) is 0 Å². The molecule has 0 saturated heterocycles. The Balaban J connectivity index is 1.48. The topological polar surface area (TPSA) is 25.2 Å². The number of nitrogens with one attached hydrogen (secondary N) is 1. The third-order valence-corrected chi connectivity index (χ3v) is 3.06. The van der Waals surface area contributed by atoms with Crippen molar-refractivity contribution in [2.45, 2.75) is 24.6 Å². The number of hydrogen-bond acceptors (Lipinski definition) is 3. The Kier molecular flexibility index (Phi) is 3.33. The van der Waals surface area contributed by atoms with Crippen LogP contribution in [0, 0.1) is 0 Å². The average molecular weight is 197 g/mol. The lowest BCUT2D eigenvalue weighted by Gasteiger charge is -2.00. The van der Waals surface area contributed by atoms with Crippen molar-refractivity contribution in [3.63, 3.8) is 0 Å². The second-order valence-corrected chi connectivity index (χ2v) is 4.47. The molecule has 1 heterocycles. The van der Waals surface area contributed by atoms with Crippen molar-refractivity contribution in [1.82, 2.24) is 5.32 Å². The molecular formula is C10H15NOS. The van der Waals surface area contributed by atoms with E-state index in [2.05, 4.69) is 5.32 Å². The van der Waals surface area contributed by atoms with Gasteiger partial charge in [-0.15, -0.1) is 0 Å². The van der Waals surface area contributed by atoms with Gasteiger partial charge in [0.05, 0.1) is 12.0 Å². The first-order valence-electron chi connectivity index (χ1n) is 4.78. The number of thioether (sulfide) groups is 1. The summed E-state index contributed by atoms with van der Waals surface area (Å²) >= 11 is 1.92. The molecule has 2 rings (SSSR count). The lowest BCUT2D eigenvalue weighted by Crippen LogP contribution is -2.19. The first-order valence-corrected chi connectivity index (χ1v) is 5.94. The molecule has 1 aromatic heterocycles. The molecule has 0 amide bonds. The molecule has 1 aromatic rings. The summed E-state index contributed by atoms with van der Waals surface area (Å²) in [5, 5.41) is 3.49. The molecule has 0 unspecified atom stereocenters. The predicted octanol–water partition coefficient (Wildman–Crippen LogP) is 2.26. The maximum Gasteiger partial charge on any atom is 0.113 e. The monoisotopic (exact) mass is 197 g/mol. The molecule has 1 saturated carbocycles. The Labute approximate surface area is 83.1 Å². The summed E-state index contributed by atoms with van der Waals surface area (Å²) in [5.41, 5.74) is 0. The summed E-state index contributed by atoms with van der Waals surface area (Å²) in [7, 11) is 0. The van der Waals surface area contributed by atoms with E-state index in [0.717, 1.165) is 24.1 Å². The molecule has 0 bridgehead atoms. The molecule has 0 aliphatic heterocycles. The highest BCUT2D eigenvalue weighted by Crippen LogP contribution is 2.18. The van der Waals surface area contributed by atoms with Gasteiger partial charge in [-0.05, 0) is 25.0 Å². The van der Waals surface area contributed by atoms with Crippen molar-refractivity contribution < 1.29 is 4.42 Å². The van der Waals surface area contributed by atoms with Gasteiger partial charge in [0.25, 0.3) is 0 Å². The largest absolute Gasteiger partial charge is 0.468 e. The van der Waals surface area contributed by atoms with Gasteiger partial charge in [0.15, 0.2) is 0 Å². The highest BCUT2D eigenvalue weighted by Gasteiger charge is 2.19. The summed E-state index contributed by atoms with van der Waals surface area (Å²) in [6, 6.07) is 4.81. The first-order chi connectivity index (χ1) is 6.45. The Morgan fingerprint density at radius 2 is 2.46 bits per heavy atom. The van der Waals surface area contributed by atoms with Gasteiger partial charge in [-0.1, -0.05) is 0 Å². The molecule has 72 valence electrons. The van der Waals surface area contributed by atoms with Crippen LogP contribution in [0.1, 0.15) is 18.6 Å². The highest BCUT2D eigenvalue weighted by molar-refractivity contribution is 7.98. The molecule has 1 N–H and O–H groups in total. The number of hydrogen-bond donors (Lipinski definition) is 1. The van der Waals surface area contributed by atoms with E-state index < -0.39 is 0 Å². The van der Waals surface area contributed by atoms with Gasteiger partial charge in [-0.25, -0.2) is 0 Å². The first kappa shape index (κ1) is 9.16. The smallest absolute Gasteiger partial charge is 0.113 e. The van der Waals surface area contributed by atoms with E-state index in [1.165, 1.54) is 18.6 Å². The SMILES string of the molecule is c1coc(CSCCNC2CC2)c1. The average Bonchev–Trinajstić information content (AvgIpc) is 2.81. The van der Waals surface area contributed by atoms with E-state index in [1.807, 2.05) is 23.9 Å². The summed E-state index contributed by atoms with van der Waals surface area (Å²) < 4.78 is 5.23. The molecule has 13 heavy (non-hydrogen) atoms. The van der Waals surface area contributed by atoms with Gasteiger partial charge in [0.1, 0.15) is 5.76 Å². The summed E-state index contributed by atoms with van der Waals surface area (Å²) in [6.45, 7) is 1.13. The van der Waals surface area contributed by atoms with Gasteiger partial charge < -0.3 is 9.73 Å². The van der Waals surface area contributed by atoms with Crippen LogP contribution < -0.4 is 5.32 Å². The van der Waals surface area contributed by atoms with Crippen molar-refractivity contribution in [2.24, 2.45) is 0 Å². The molecule has 1 fully saturated rings. The molecule has 1 aliphatic rings. The van der Waals surface area contributed by atoms with Crippen LogP contribution in [0.2, 0.25) is 0 Å². The van der Waals surface area contributed by atoms with Gasteiger partial charge in [-0.2, -0.15) is 11.8 Å². The molecule has 0 atom stereocenters. The predicted molar refractivity (Wildman–Crippen MR) is 55.9 cm³/mol. The molecule has 0 aromatic carbocycles. The Hall–Kier alpha value is -0.410. The van der Waals surface area contributed by atoms with Crippen molar-refractivity contribution in [3.05, 3.63) is 24.2 Å². The lowest BCUT2D eigenvalue weighted by atomic mass is 10.5. The molecule has 3 heteroatoms. The molecule has 0 radical (unpaired) electrons. The zero-order valence-corrected chi connectivity index (χ0v) is 8.48. The zero-order valence-electron chi connectivity index (χ0n) is 7.66. The maximum atomic E-state index is 5.23. The summed E-state index contributed by atoms with van der Waals surface area (Å²) in [6.07, 6.45) is 4.49. The lowest BCUT2D eigenvalue weighted by molar-refractivity contribution is 0.530. The van der Waals surface area contributed by atoms with Gasteiger partial charge in [0.2, 0.25) is 0 Å². The Morgan fingerprint density at radius 1 is 1.54 bits per heavy atom. The zero-order chi connectivity index (χ0) is 8.93. The summed E-state index contributed by atoms with van der Waals surface area (Å²) in [4.78, 5) is 0. The van der Waals surface area contributed by atoms with Crippen LogP contribution in [0.15, 0.2) is 22.8 Å². The Bertz CT molecular complexity index is 231. The van der Waals surface area contributed by atoms with E-state index in [-0.39, 0.29) is 0 Å². The number of rotatable bonds is 6. The van der Waals surface area contributed by atoms with Gasteiger partial charge in [0, 0.05) is 18.3 Å². The fourth-order valence-electron chi connectivity index (χ4n) is 1.19. The quantitative estimate of drug-likeness (QED) is 0.708. The maximum absolute atomic E-state index is 5.23. The minimum atomic E-state index is 0.837. The minimum absolute atomic E-state index is 0.837. The highest BCUT2D eigenvalue weighted by atomic mass is 32.2. The van der Waals surface area contributed by atoms with Crippen LogP contribution in [0.3, 0.4) is 0 Å². The molecular weight excluding hydrogens is 182 g/mol. The van der Waals surface area contributed by atoms with Crippen LogP contribution >= 0.6 is 11.8 Å². The van der Waals surface area contributed by atoms with Crippen LogP contribution in [0.4, 0.5) is 0 Å². The van der Waals surface area contributed by atoms with Crippen molar-refractivity contribution in [2.75, 3.05) is 12.3 Å². The van der Waals surface area contributed by atoms with Crippen LogP contribution in [-0.4, -0.2) is 18.3 Å². The molecule has 1 aliphatic carbocycles. The van der Waals surface area contributed by atoms with Crippen LogP contribution in [-0.2, 0) is 5.75 Å². The normalized spacial score (nSPS) is 16.3. The summed E-state index contributed by atoms with van der Waals surface area (Å²) in [5.74, 6) is 3.26. The molecule has 2 nitrogen and oxygen atoms in total. The fourth-order valence-corrected chi connectivity index (χ4v) is 1.96. The van der Waals surface area contributed by atoms with Crippen molar-refractivity contribution >= 4 is 11.8 Å². The second-order valence-electron chi connectivity index (χ2n) is 3.36.